The maximum atomic E-state index is 13.0. The van der Waals surface area contributed by atoms with Crippen LogP contribution in [0.25, 0.3) is 0 Å². The molecule has 1 aromatic rings. The van der Waals surface area contributed by atoms with Crippen LogP contribution >= 0.6 is 0 Å². The Labute approximate surface area is 83.2 Å². The van der Waals surface area contributed by atoms with Crippen molar-refractivity contribution in [2.24, 2.45) is 5.84 Å². The summed E-state index contributed by atoms with van der Waals surface area (Å²) in [6.45, 7) is 0. The van der Waals surface area contributed by atoms with Gasteiger partial charge in [-0.05, 0) is 12.1 Å². The van der Waals surface area contributed by atoms with E-state index in [2.05, 4.69) is 5.84 Å². The maximum absolute atomic E-state index is 13.0. The van der Waals surface area contributed by atoms with Gasteiger partial charge in [0.05, 0.1) is 5.69 Å². The van der Waals surface area contributed by atoms with Crippen LogP contribution in [0.2, 0.25) is 0 Å². The highest BCUT2D eigenvalue weighted by Gasteiger charge is 2.14. The largest absolute Gasteiger partial charge is 0.323 e. The maximum Gasteiger partial charge on any atom is 0.323 e. The Morgan fingerprint density at radius 2 is 1.87 bits per heavy atom. The molecule has 0 aliphatic carbocycles. The summed E-state index contributed by atoms with van der Waals surface area (Å²) in [7, 11) is 0. The summed E-state index contributed by atoms with van der Waals surface area (Å²) in [5, 5.41) is 1.86. The number of rotatable bonds is 1. The number of halogens is 2. The predicted octanol–water partition coefficient (Wildman–Crippen LogP) is -0.107. The summed E-state index contributed by atoms with van der Waals surface area (Å²) >= 11 is 0. The van der Waals surface area contributed by atoms with E-state index in [0.29, 0.717) is 0 Å². The molecule has 0 unspecified atom stereocenters. The summed E-state index contributed by atoms with van der Waals surface area (Å²) in [6.07, 6.45) is 0. The Bertz CT molecular complexity index is 409. The molecule has 15 heavy (non-hydrogen) atoms. The number of nitrogens with one attached hydrogen (secondary N) is 2. The first-order valence-corrected chi connectivity index (χ1v) is 3.81. The SMILES string of the molecule is NNC(=O)C(=O)Nc1cc(F)ccc1F. The number of benzene rings is 1. The van der Waals surface area contributed by atoms with Gasteiger partial charge < -0.3 is 5.32 Å². The van der Waals surface area contributed by atoms with Crippen LogP contribution in [0.15, 0.2) is 18.2 Å². The normalized spacial score (nSPS) is 9.53. The van der Waals surface area contributed by atoms with Crippen molar-refractivity contribution >= 4 is 17.5 Å². The molecule has 0 aliphatic heterocycles. The van der Waals surface area contributed by atoms with Crippen LogP contribution in [0.5, 0.6) is 0 Å². The van der Waals surface area contributed by atoms with Gasteiger partial charge in [0.2, 0.25) is 0 Å². The van der Waals surface area contributed by atoms with Gasteiger partial charge in [-0.1, -0.05) is 0 Å². The number of carbonyl (C=O) groups is 2. The Morgan fingerprint density at radius 1 is 1.20 bits per heavy atom. The lowest BCUT2D eigenvalue weighted by atomic mass is 10.3. The number of hydrogen-bond acceptors (Lipinski definition) is 3. The van der Waals surface area contributed by atoms with Gasteiger partial charge in [-0.25, -0.2) is 14.6 Å². The minimum absolute atomic E-state index is 0.427. The summed E-state index contributed by atoms with van der Waals surface area (Å²) in [4.78, 5) is 21.6. The zero-order chi connectivity index (χ0) is 11.4. The van der Waals surface area contributed by atoms with Crippen molar-refractivity contribution < 1.29 is 18.4 Å². The lowest BCUT2D eigenvalue weighted by molar-refractivity contribution is -0.136. The van der Waals surface area contributed by atoms with Crippen LogP contribution in [0.4, 0.5) is 14.5 Å². The topological polar surface area (TPSA) is 84.2 Å². The fraction of sp³-hybridized carbons (Fsp3) is 0. The number of anilines is 1. The summed E-state index contributed by atoms with van der Waals surface area (Å²) in [5.74, 6) is 0.745. The zero-order valence-corrected chi connectivity index (χ0v) is 7.38. The quantitative estimate of drug-likeness (QED) is 0.264. The average molecular weight is 215 g/mol. The molecule has 1 aromatic carbocycles. The standard InChI is InChI=1S/C8H7F2N3O2/c9-4-1-2-5(10)6(3-4)12-7(14)8(15)13-11/h1-3H,11H2,(H,12,14)(H,13,15). The van der Waals surface area contributed by atoms with Crippen LogP contribution in [0.3, 0.4) is 0 Å². The minimum atomic E-state index is -1.18. The molecule has 0 aliphatic rings. The van der Waals surface area contributed by atoms with Gasteiger partial charge >= 0.3 is 11.8 Å². The van der Waals surface area contributed by atoms with Crippen LogP contribution in [0, 0.1) is 11.6 Å². The number of amides is 2. The molecule has 0 saturated heterocycles. The summed E-state index contributed by atoms with van der Waals surface area (Å²) in [5.41, 5.74) is 1.12. The molecule has 0 saturated carbocycles. The molecular weight excluding hydrogens is 208 g/mol. The van der Waals surface area contributed by atoms with Gasteiger partial charge in [-0.2, -0.15) is 0 Å². The Hall–Kier alpha value is -2.02. The molecule has 0 radical (unpaired) electrons. The third-order valence-corrected chi connectivity index (χ3v) is 1.51. The second kappa shape index (κ2) is 4.47. The highest BCUT2D eigenvalue weighted by Crippen LogP contribution is 2.14. The first-order valence-electron chi connectivity index (χ1n) is 3.81. The monoisotopic (exact) mass is 215 g/mol. The molecule has 7 heteroatoms. The first-order chi connectivity index (χ1) is 7.04. The van der Waals surface area contributed by atoms with E-state index in [-0.39, 0.29) is 0 Å². The molecule has 0 heterocycles. The van der Waals surface area contributed by atoms with Crippen LogP contribution in [-0.4, -0.2) is 11.8 Å². The second-order valence-electron chi connectivity index (χ2n) is 2.55. The number of hydrazine groups is 1. The highest BCUT2D eigenvalue weighted by atomic mass is 19.1. The fourth-order valence-electron chi connectivity index (χ4n) is 0.838. The van der Waals surface area contributed by atoms with Crippen molar-refractivity contribution in [3.63, 3.8) is 0 Å². The third-order valence-electron chi connectivity index (χ3n) is 1.51. The number of nitrogens with two attached hydrogens (primary N) is 1. The minimum Gasteiger partial charge on any atom is -0.315 e. The Balaban J connectivity index is 2.85. The molecule has 0 fully saturated rings. The molecule has 80 valence electrons. The van der Waals surface area contributed by atoms with Gasteiger partial charge in [-0.3, -0.25) is 15.0 Å². The van der Waals surface area contributed by atoms with E-state index in [1.807, 2.05) is 5.32 Å². The van der Waals surface area contributed by atoms with Crippen molar-refractivity contribution in [2.75, 3.05) is 5.32 Å². The van der Waals surface area contributed by atoms with Crippen molar-refractivity contribution in [2.45, 2.75) is 0 Å². The molecule has 0 atom stereocenters. The van der Waals surface area contributed by atoms with E-state index in [1.54, 1.807) is 5.43 Å². The number of carbonyl (C=O) groups excluding carboxylic acids is 2. The summed E-state index contributed by atoms with van der Waals surface area (Å²) in [6, 6.07) is 2.45. The van der Waals surface area contributed by atoms with E-state index >= 15 is 0 Å². The molecule has 0 bridgehead atoms. The van der Waals surface area contributed by atoms with Gasteiger partial charge in [0, 0.05) is 6.07 Å². The number of hydrogen-bond donors (Lipinski definition) is 3. The fourth-order valence-corrected chi connectivity index (χ4v) is 0.838. The third kappa shape index (κ3) is 2.71. The lowest BCUT2D eigenvalue weighted by Crippen LogP contribution is -2.39. The smallest absolute Gasteiger partial charge is 0.315 e. The van der Waals surface area contributed by atoms with Crippen molar-refractivity contribution in [3.8, 4) is 0 Å². The van der Waals surface area contributed by atoms with E-state index in [1.165, 1.54) is 0 Å². The van der Waals surface area contributed by atoms with Crippen molar-refractivity contribution in [3.05, 3.63) is 29.8 Å². The molecule has 1 rings (SSSR count). The first kappa shape index (κ1) is 11.1. The van der Waals surface area contributed by atoms with E-state index in [9.17, 15) is 18.4 Å². The van der Waals surface area contributed by atoms with Crippen LogP contribution in [-0.2, 0) is 9.59 Å². The molecule has 5 nitrogen and oxygen atoms in total. The lowest BCUT2D eigenvalue weighted by Gasteiger charge is -2.04. The highest BCUT2D eigenvalue weighted by molar-refractivity contribution is 6.39. The van der Waals surface area contributed by atoms with Crippen LogP contribution in [0.1, 0.15) is 0 Å². The zero-order valence-electron chi connectivity index (χ0n) is 7.38. The Morgan fingerprint density at radius 3 is 2.47 bits per heavy atom. The van der Waals surface area contributed by atoms with E-state index in [0.717, 1.165) is 18.2 Å². The van der Waals surface area contributed by atoms with Crippen LogP contribution < -0.4 is 16.6 Å². The molecule has 0 aromatic heterocycles. The molecular formula is C8H7F2N3O2. The molecule has 2 amide bonds. The van der Waals surface area contributed by atoms with Gasteiger partial charge in [0.1, 0.15) is 11.6 Å². The Kier molecular flexibility index (Phi) is 3.29. The van der Waals surface area contributed by atoms with Crippen molar-refractivity contribution in [1.29, 1.82) is 0 Å². The average Bonchev–Trinajstić information content (AvgIpc) is 2.22. The predicted molar refractivity (Wildman–Crippen MR) is 47.3 cm³/mol. The van der Waals surface area contributed by atoms with E-state index in [4.69, 9.17) is 0 Å². The van der Waals surface area contributed by atoms with E-state index < -0.39 is 29.1 Å². The molecule has 4 N–H and O–H groups in total. The van der Waals surface area contributed by atoms with Crippen molar-refractivity contribution in [1.82, 2.24) is 5.43 Å². The van der Waals surface area contributed by atoms with Gasteiger partial charge in [0.25, 0.3) is 0 Å². The van der Waals surface area contributed by atoms with Gasteiger partial charge in [-0.15, -0.1) is 0 Å². The van der Waals surface area contributed by atoms with Gasteiger partial charge in [0.15, 0.2) is 0 Å². The summed E-state index contributed by atoms with van der Waals surface area (Å²) < 4.78 is 25.6. The second-order valence-corrected chi connectivity index (χ2v) is 2.55. The molecule has 0 spiro atoms.